The molecule has 0 unspecified atom stereocenters. The molecule has 4 N–H and O–H groups in total. The number of hydrogen-bond acceptors (Lipinski definition) is 3. The van der Waals surface area contributed by atoms with Gasteiger partial charge in [0.2, 0.25) is 5.91 Å². The monoisotopic (exact) mass is 291 g/mol. The molecule has 0 spiro atoms. The van der Waals surface area contributed by atoms with Crippen LogP contribution in [0.3, 0.4) is 0 Å². The number of carbonyl (C=O) groups excluding carboxylic acids is 2. The fourth-order valence-electron chi connectivity index (χ4n) is 1.98. The zero-order valence-corrected chi connectivity index (χ0v) is 12.9. The van der Waals surface area contributed by atoms with Gasteiger partial charge in [-0.15, -0.1) is 0 Å². The first-order valence-corrected chi connectivity index (χ1v) is 7.47. The zero-order chi connectivity index (χ0) is 15.7. The van der Waals surface area contributed by atoms with E-state index in [2.05, 4.69) is 10.6 Å². The second-order valence-corrected chi connectivity index (χ2v) is 5.04. The van der Waals surface area contributed by atoms with Gasteiger partial charge in [-0.2, -0.15) is 0 Å². The van der Waals surface area contributed by atoms with Crippen LogP contribution in [-0.2, 0) is 4.79 Å². The number of carbonyl (C=O) groups is 2. The van der Waals surface area contributed by atoms with Crippen LogP contribution in [0.15, 0.2) is 18.2 Å². The third-order valence-corrected chi connectivity index (χ3v) is 3.22. The van der Waals surface area contributed by atoms with E-state index >= 15 is 0 Å². The van der Waals surface area contributed by atoms with Crippen LogP contribution in [0.5, 0.6) is 0 Å². The van der Waals surface area contributed by atoms with Gasteiger partial charge < -0.3 is 16.4 Å². The van der Waals surface area contributed by atoms with Gasteiger partial charge in [0, 0.05) is 24.2 Å². The molecule has 0 saturated heterocycles. The van der Waals surface area contributed by atoms with E-state index in [0.29, 0.717) is 30.8 Å². The fourth-order valence-corrected chi connectivity index (χ4v) is 1.98. The topological polar surface area (TPSA) is 84.2 Å². The van der Waals surface area contributed by atoms with Gasteiger partial charge in [-0.25, -0.2) is 0 Å². The van der Waals surface area contributed by atoms with Crippen LogP contribution < -0.4 is 16.4 Å². The van der Waals surface area contributed by atoms with Gasteiger partial charge in [0.15, 0.2) is 0 Å². The van der Waals surface area contributed by atoms with Crippen molar-refractivity contribution in [1.82, 2.24) is 5.32 Å². The molecular weight excluding hydrogens is 266 g/mol. The molecule has 0 radical (unpaired) electrons. The lowest BCUT2D eigenvalue weighted by Gasteiger charge is -2.10. The van der Waals surface area contributed by atoms with Crippen molar-refractivity contribution in [3.63, 3.8) is 0 Å². The maximum atomic E-state index is 11.9. The summed E-state index contributed by atoms with van der Waals surface area (Å²) in [6.45, 7) is 5.02. The minimum atomic E-state index is -0.129. The molecule has 0 aromatic heterocycles. The Labute approximate surface area is 126 Å². The fraction of sp³-hybridized carbons (Fsp3) is 0.500. The van der Waals surface area contributed by atoms with Crippen LogP contribution in [0.2, 0.25) is 0 Å². The quantitative estimate of drug-likeness (QED) is 0.642. The molecule has 0 bridgehead atoms. The molecule has 0 saturated carbocycles. The average molecular weight is 291 g/mol. The van der Waals surface area contributed by atoms with Crippen molar-refractivity contribution < 1.29 is 9.59 Å². The number of anilines is 1. The van der Waals surface area contributed by atoms with Crippen molar-refractivity contribution in [2.45, 2.75) is 39.5 Å². The predicted octanol–water partition coefficient (Wildman–Crippen LogP) is 2.20. The summed E-state index contributed by atoms with van der Waals surface area (Å²) >= 11 is 0. The van der Waals surface area contributed by atoms with Crippen molar-refractivity contribution in [1.29, 1.82) is 0 Å². The molecule has 5 heteroatoms. The van der Waals surface area contributed by atoms with Crippen molar-refractivity contribution in [2.24, 2.45) is 5.73 Å². The molecule has 0 heterocycles. The first-order chi connectivity index (χ1) is 10.1. The van der Waals surface area contributed by atoms with Gasteiger partial charge in [0.1, 0.15) is 0 Å². The number of unbranched alkanes of at least 4 members (excludes halogenated alkanes) is 2. The number of rotatable bonds is 8. The standard InChI is InChI=1S/C16H25N3O2/c1-3-18-16(21)13-9-8-12(2)14(11-13)19-15(20)7-5-4-6-10-17/h8-9,11H,3-7,10,17H2,1-2H3,(H,18,21)(H,19,20). The molecule has 1 aromatic rings. The minimum absolute atomic E-state index is 0.0248. The third kappa shape index (κ3) is 5.95. The number of amides is 2. The molecule has 116 valence electrons. The molecular formula is C16H25N3O2. The second-order valence-electron chi connectivity index (χ2n) is 5.04. The highest BCUT2D eigenvalue weighted by Crippen LogP contribution is 2.17. The van der Waals surface area contributed by atoms with Crippen LogP contribution in [0.1, 0.15) is 48.5 Å². The average Bonchev–Trinajstić information content (AvgIpc) is 2.46. The highest BCUT2D eigenvalue weighted by Gasteiger charge is 2.09. The predicted molar refractivity (Wildman–Crippen MR) is 85.3 cm³/mol. The highest BCUT2D eigenvalue weighted by atomic mass is 16.2. The molecule has 0 aliphatic rings. The number of hydrogen-bond donors (Lipinski definition) is 3. The largest absolute Gasteiger partial charge is 0.352 e. The summed E-state index contributed by atoms with van der Waals surface area (Å²) in [7, 11) is 0. The Balaban J connectivity index is 2.63. The maximum Gasteiger partial charge on any atom is 0.251 e. The van der Waals surface area contributed by atoms with E-state index in [1.54, 1.807) is 12.1 Å². The first-order valence-electron chi connectivity index (χ1n) is 7.47. The molecule has 1 rings (SSSR count). The molecule has 0 fully saturated rings. The first kappa shape index (κ1) is 17.2. The Morgan fingerprint density at radius 2 is 1.95 bits per heavy atom. The van der Waals surface area contributed by atoms with E-state index in [-0.39, 0.29) is 11.8 Å². The van der Waals surface area contributed by atoms with Crippen LogP contribution in [0, 0.1) is 6.92 Å². The van der Waals surface area contributed by atoms with Crippen molar-refractivity contribution in [3.8, 4) is 0 Å². The molecule has 5 nitrogen and oxygen atoms in total. The number of benzene rings is 1. The molecule has 0 aliphatic heterocycles. The Morgan fingerprint density at radius 3 is 2.62 bits per heavy atom. The van der Waals surface area contributed by atoms with Crippen LogP contribution in [0.25, 0.3) is 0 Å². The van der Waals surface area contributed by atoms with Crippen LogP contribution >= 0.6 is 0 Å². The Bertz CT molecular complexity index is 486. The lowest BCUT2D eigenvalue weighted by atomic mass is 10.1. The van der Waals surface area contributed by atoms with Crippen molar-refractivity contribution in [3.05, 3.63) is 29.3 Å². The maximum absolute atomic E-state index is 11.9. The second kappa shape index (κ2) is 9.13. The smallest absolute Gasteiger partial charge is 0.251 e. The molecule has 1 aromatic carbocycles. The van der Waals surface area contributed by atoms with Gasteiger partial charge in [0.25, 0.3) is 5.91 Å². The molecule has 21 heavy (non-hydrogen) atoms. The van der Waals surface area contributed by atoms with E-state index in [9.17, 15) is 9.59 Å². The van der Waals surface area contributed by atoms with E-state index in [1.807, 2.05) is 19.9 Å². The van der Waals surface area contributed by atoms with E-state index in [0.717, 1.165) is 24.8 Å². The third-order valence-electron chi connectivity index (χ3n) is 3.22. The van der Waals surface area contributed by atoms with E-state index < -0.39 is 0 Å². The van der Waals surface area contributed by atoms with Gasteiger partial charge in [-0.1, -0.05) is 12.5 Å². The summed E-state index contributed by atoms with van der Waals surface area (Å²) in [5, 5.41) is 5.62. The summed E-state index contributed by atoms with van der Waals surface area (Å²) < 4.78 is 0. The summed E-state index contributed by atoms with van der Waals surface area (Å²) in [6.07, 6.45) is 3.21. The Kier molecular flexibility index (Phi) is 7.46. The summed E-state index contributed by atoms with van der Waals surface area (Å²) in [4.78, 5) is 23.7. The zero-order valence-electron chi connectivity index (χ0n) is 12.9. The summed E-state index contributed by atoms with van der Waals surface area (Å²) in [6, 6.07) is 5.32. The van der Waals surface area contributed by atoms with Crippen LogP contribution in [-0.4, -0.2) is 24.9 Å². The number of aryl methyl sites for hydroxylation is 1. The lowest BCUT2D eigenvalue weighted by Crippen LogP contribution is -2.23. The molecule has 2 amide bonds. The lowest BCUT2D eigenvalue weighted by molar-refractivity contribution is -0.116. The summed E-state index contributed by atoms with van der Waals surface area (Å²) in [5.41, 5.74) is 7.62. The number of nitrogens with one attached hydrogen (secondary N) is 2. The van der Waals surface area contributed by atoms with E-state index in [4.69, 9.17) is 5.73 Å². The minimum Gasteiger partial charge on any atom is -0.352 e. The Hall–Kier alpha value is -1.88. The van der Waals surface area contributed by atoms with Gasteiger partial charge >= 0.3 is 0 Å². The van der Waals surface area contributed by atoms with Crippen LogP contribution in [0.4, 0.5) is 5.69 Å². The summed E-state index contributed by atoms with van der Waals surface area (Å²) in [5.74, 6) is -0.154. The number of nitrogens with two attached hydrogens (primary N) is 1. The van der Waals surface area contributed by atoms with Gasteiger partial charge in [-0.3, -0.25) is 9.59 Å². The Morgan fingerprint density at radius 1 is 1.19 bits per heavy atom. The molecule has 0 atom stereocenters. The SMILES string of the molecule is CCNC(=O)c1ccc(C)c(NC(=O)CCCCCN)c1. The van der Waals surface area contributed by atoms with Crippen molar-refractivity contribution in [2.75, 3.05) is 18.4 Å². The van der Waals surface area contributed by atoms with E-state index in [1.165, 1.54) is 0 Å². The van der Waals surface area contributed by atoms with Crippen molar-refractivity contribution >= 4 is 17.5 Å². The molecule has 0 aliphatic carbocycles. The normalized spacial score (nSPS) is 10.2. The highest BCUT2D eigenvalue weighted by molar-refractivity contribution is 5.97. The van der Waals surface area contributed by atoms with Gasteiger partial charge in [-0.05, 0) is 50.9 Å². The van der Waals surface area contributed by atoms with Gasteiger partial charge in [0.05, 0.1) is 0 Å².